The van der Waals surface area contributed by atoms with Crippen molar-refractivity contribution in [2.75, 3.05) is 5.32 Å². The molecule has 0 atom stereocenters. The Hall–Kier alpha value is -2.50. The minimum atomic E-state index is 0.280. The van der Waals surface area contributed by atoms with Gasteiger partial charge in [0.05, 0.1) is 11.6 Å². The molecule has 6 heteroatoms. The standard InChI is InChI=1S/C13H13N5O/c1-8(2)17-11-9-6-14-13(10-4-3-5-19-10)18-12(9)16-7-15-11/h3-8H,1-2H3,(H,14,15,16,17,18). The van der Waals surface area contributed by atoms with Crippen molar-refractivity contribution in [3.8, 4) is 11.6 Å². The summed E-state index contributed by atoms with van der Waals surface area (Å²) in [6.07, 6.45) is 4.80. The number of anilines is 1. The molecule has 3 aromatic heterocycles. The molecule has 0 radical (unpaired) electrons. The molecule has 6 nitrogen and oxygen atoms in total. The van der Waals surface area contributed by atoms with Gasteiger partial charge in [0.1, 0.15) is 12.1 Å². The van der Waals surface area contributed by atoms with Crippen molar-refractivity contribution in [2.24, 2.45) is 0 Å². The van der Waals surface area contributed by atoms with E-state index in [1.807, 2.05) is 19.9 Å². The molecule has 0 saturated heterocycles. The van der Waals surface area contributed by atoms with E-state index in [-0.39, 0.29) is 6.04 Å². The van der Waals surface area contributed by atoms with Crippen molar-refractivity contribution in [3.05, 3.63) is 30.9 Å². The largest absolute Gasteiger partial charge is 0.461 e. The molecule has 0 unspecified atom stereocenters. The summed E-state index contributed by atoms with van der Waals surface area (Å²) in [6, 6.07) is 3.90. The summed E-state index contributed by atoms with van der Waals surface area (Å²) in [5.74, 6) is 1.89. The number of aromatic nitrogens is 4. The van der Waals surface area contributed by atoms with Gasteiger partial charge in [-0.1, -0.05) is 0 Å². The van der Waals surface area contributed by atoms with E-state index in [0.29, 0.717) is 17.2 Å². The second kappa shape index (κ2) is 4.64. The minimum absolute atomic E-state index is 0.280. The number of hydrogen-bond donors (Lipinski definition) is 1. The van der Waals surface area contributed by atoms with Crippen LogP contribution in [0.15, 0.2) is 35.3 Å². The highest BCUT2D eigenvalue weighted by Crippen LogP contribution is 2.21. The molecule has 3 heterocycles. The molecule has 1 N–H and O–H groups in total. The first-order valence-corrected chi connectivity index (χ1v) is 6.02. The van der Waals surface area contributed by atoms with Crippen LogP contribution in [-0.2, 0) is 0 Å². The maximum absolute atomic E-state index is 5.28. The van der Waals surface area contributed by atoms with Gasteiger partial charge < -0.3 is 9.73 Å². The SMILES string of the molecule is CC(C)Nc1ncnc2nc(-c3ccco3)ncc12. The summed E-state index contributed by atoms with van der Waals surface area (Å²) in [5.41, 5.74) is 0.597. The molecule has 0 fully saturated rings. The molecule has 0 aromatic carbocycles. The van der Waals surface area contributed by atoms with Gasteiger partial charge in [0.2, 0.25) is 0 Å². The topological polar surface area (TPSA) is 76.7 Å². The van der Waals surface area contributed by atoms with E-state index >= 15 is 0 Å². The summed E-state index contributed by atoms with van der Waals surface area (Å²) in [7, 11) is 0. The van der Waals surface area contributed by atoms with Gasteiger partial charge in [-0.3, -0.25) is 0 Å². The Bertz CT molecular complexity index is 693. The average Bonchev–Trinajstić information content (AvgIpc) is 2.91. The molecule has 0 amide bonds. The van der Waals surface area contributed by atoms with Crippen molar-refractivity contribution >= 4 is 16.9 Å². The van der Waals surface area contributed by atoms with Gasteiger partial charge in [0.25, 0.3) is 0 Å². The summed E-state index contributed by atoms with van der Waals surface area (Å²) >= 11 is 0. The third-order valence-corrected chi connectivity index (χ3v) is 2.56. The Balaban J connectivity index is 2.10. The van der Waals surface area contributed by atoms with Crippen molar-refractivity contribution in [3.63, 3.8) is 0 Å². The van der Waals surface area contributed by atoms with E-state index in [1.165, 1.54) is 6.33 Å². The van der Waals surface area contributed by atoms with Crippen LogP contribution < -0.4 is 5.32 Å². The fraction of sp³-hybridized carbons (Fsp3) is 0.231. The Morgan fingerprint density at radius 1 is 1.21 bits per heavy atom. The second-order valence-corrected chi connectivity index (χ2v) is 4.43. The molecule has 0 spiro atoms. The lowest BCUT2D eigenvalue weighted by atomic mass is 10.3. The molecule has 0 saturated carbocycles. The average molecular weight is 255 g/mol. The number of hydrogen-bond acceptors (Lipinski definition) is 6. The molecule has 0 aliphatic heterocycles. The monoisotopic (exact) mass is 255 g/mol. The van der Waals surface area contributed by atoms with Crippen LogP contribution in [0.4, 0.5) is 5.82 Å². The lowest BCUT2D eigenvalue weighted by Gasteiger charge is -2.10. The maximum Gasteiger partial charge on any atom is 0.197 e. The van der Waals surface area contributed by atoms with E-state index in [1.54, 1.807) is 18.5 Å². The number of nitrogens with zero attached hydrogens (tertiary/aromatic N) is 4. The van der Waals surface area contributed by atoms with Crippen LogP contribution in [0, 0.1) is 0 Å². The zero-order valence-corrected chi connectivity index (χ0v) is 10.7. The molecule has 3 rings (SSSR count). The van der Waals surface area contributed by atoms with Gasteiger partial charge in [-0.15, -0.1) is 0 Å². The fourth-order valence-electron chi connectivity index (χ4n) is 1.76. The second-order valence-electron chi connectivity index (χ2n) is 4.43. The molecule has 0 bridgehead atoms. The third kappa shape index (κ3) is 2.24. The van der Waals surface area contributed by atoms with E-state index < -0.39 is 0 Å². The number of nitrogens with one attached hydrogen (secondary N) is 1. The van der Waals surface area contributed by atoms with Crippen LogP contribution in [0.2, 0.25) is 0 Å². The number of fused-ring (bicyclic) bond motifs is 1. The lowest BCUT2D eigenvalue weighted by Crippen LogP contribution is -2.12. The molecule has 0 aliphatic rings. The van der Waals surface area contributed by atoms with Gasteiger partial charge in [-0.25, -0.2) is 19.9 Å². The van der Waals surface area contributed by atoms with Gasteiger partial charge in [-0.05, 0) is 26.0 Å². The van der Waals surface area contributed by atoms with Crippen LogP contribution in [0.1, 0.15) is 13.8 Å². The summed E-state index contributed by atoms with van der Waals surface area (Å²) < 4.78 is 5.28. The molecule has 3 aromatic rings. The van der Waals surface area contributed by atoms with Crippen molar-refractivity contribution in [1.82, 2.24) is 19.9 Å². The zero-order valence-electron chi connectivity index (χ0n) is 10.7. The van der Waals surface area contributed by atoms with Crippen LogP contribution in [0.3, 0.4) is 0 Å². The Labute approximate surface area is 109 Å². The van der Waals surface area contributed by atoms with Gasteiger partial charge in [0, 0.05) is 12.2 Å². The van der Waals surface area contributed by atoms with Crippen LogP contribution in [-0.4, -0.2) is 26.0 Å². The van der Waals surface area contributed by atoms with E-state index in [2.05, 4.69) is 25.3 Å². The van der Waals surface area contributed by atoms with Crippen molar-refractivity contribution in [2.45, 2.75) is 19.9 Å². The molecule has 19 heavy (non-hydrogen) atoms. The first kappa shape index (κ1) is 11.6. The Kier molecular flexibility index (Phi) is 2.83. The summed E-state index contributed by atoms with van der Waals surface area (Å²) in [4.78, 5) is 17.1. The van der Waals surface area contributed by atoms with Crippen LogP contribution >= 0.6 is 0 Å². The molecule has 0 aliphatic carbocycles. The minimum Gasteiger partial charge on any atom is -0.461 e. The highest BCUT2D eigenvalue weighted by atomic mass is 16.3. The smallest absolute Gasteiger partial charge is 0.197 e. The van der Waals surface area contributed by atoms with Gasteiger partial charge >= 0.3 is 0 Å². The molecular formula is C13H13N5O. The lowest BCUT2D eigenvalue weighted by molar-refractivity contribution is 0.577. The fourth-order valence-corrected chi connectivity index (χ4v) is 1.76. The number of furan rings is 1. The quantitative estimate of drug-likeness (QED) is 0.774. The molecular weight excluding hydrogens is 242 g/mol. The number of rotatable bonds is 3. The molecule has 96 valence electrons. The predicted octanol–water partition coefficient (Wildman–Crippen LogP) is 2.50. The van der Waals surface area contributed by atoms with Crippen LogP contribution in [0.5, 0.6) is 0 Å². The maximum atomic E-state index is 5.28. The van der Waals surface area contributed by atoms with Crippen LogP contribution in [0.25, 0.3) is 22.6 Å². The highest BCUT2D eigenvalue weighted by Gasteiger charge is 2.10. The Morgan fingerprint density at radius 2 is 2.11 bits per heavy atom. The summed E-state index contributed by atoms with van der Waals surface area (Å²) in [5, 5.41) is 4.05. The summed E-state index contributed by atoms with van der Waals surface area (Å²) in [6.45, 7) is 4.10. The van der Waals surface area contributed by atoms with E-state index in [0.717, 1.165) is 11.2 Å². The van der Waals surface area contributed by atoms with Crippen molar-refractivity contribution < 1.29 is 4.42 Å². The van der Waals surface area contributed by atoms with E-state index in [4.69, 9.17) is 4.42 Å². The van der Waals surface area contributed by atoms with E-state index in [9.17, 15) is 0 Å². The van der Waals surface area contributed by atoms with Gasteiger partial charge in [0.15, 0.2) is 17.2 Å². The first-order chi connectivity index (χ1) is 9.24. The Morgan fingerprint density at radius 3 is 2.84 bits per heavy atom. The van der Waals surface area contributed by atoms with Crippen molar-refractivity contribution in [1.29, 1.82) is 0 Å². The first-order valence-electron chi connectivity index (χ1n) is 6.02. The highest BCUT2D eigenvalue weighted by molar-refractivity contribution is 5.86. The normalized spacial score (nSPS) is 11.1. The predicted molar refractivity (Wildman–Crippen MR) is 71.6 cm³/mol. The zero-order chi connectivity index (χ0) is 13.2. The van der Waals surface area contributed by atoms with Gasteiger partial charge in [-0.2, -0.15) is 0 Å². The third-order valence-electron chi connectivity index (χ3n) is 2.56.